The van der Waals surface area contributed by atoms with Gasteiger partial charge in [0.1, 0.15) is 5.69 Å². The van der Waals surface area contributed by atoms with Crippen LogP contribution in [0.4, 0.5) is 15.8 Å². The predicted octanol–water partition coefficient (Wildman–Crippen LogP) is 5.56. The molecule has 1 amide bonds. The maximum absolute atomic E-state index is 13.9. The third kappa shape index (κ3) is 3.76. The van der Waals surface area contributed by atoms with Crippen molar-refractivity contribution in [2.45, 2.75) is 33.2 Å². The van der Waals surface area contributed by atoms with Gasteiger partial charge >= 0.3 is 5.69 Å². The van der Waals surface area contributed by atoms with Crippen molar-refractivity contribution in [3.05, 3.63) is 81.8 Å². The number of nitro benzene ring substituents is 1. The molecule has 0 spiro atoms. The van der Waals surface area contributed by atoms with Gasteiger partial charge in [-0.05, 0) is 42.2 Å². The largest absolute Gasteiger partial charge is 0.332 e. The second-order valence-corrected chi connectivity index (χ2v) is 7.18. The highest BCUT2D eigenvalue weighted by Gasteiger charge is 2.21. The minimum absolute atomic E-state index is 0.149. The smallest absolute Gasteiger partial charge is 0.304 e. The molecule has 29 heavy (non-hydrogen) atoms. The molecule has 150 valence electrons. The summed E-state index contributed by atoms with van der Waals surface area (Å²) in [5.41, 5.74) is 2.84. The van der Waals surface area contributed by atoms with Crippen molar-refractivity contribution in [1.82, 2.24) is 4.57 Å². The van der Waals surface area contributed by atoms with Crippen LogP contribution in [0.3, 0.4) is 0 Å². The first-order valence-corrected chi connectivity index (χ1v) is 9.23. The summed E-state index contributed by atoms with van der Waals surface area (Å²) in [4.78, 5) is 23.0. The summed E-state index contributed by atoms with van der Waals surface area (Å²) < 4.78 is 15.8. The molecule has 1 N–H and O–H groups in total. The first kappa shape index (κ1) is 20.3. The van der Waals surface area contributed by atoms with Crippen LogP contribution in [0.1, 0.15) is 41.4 Å². The fourth-order valence-electron chi connectivity index (χ4n) is 3.43. The van der Waals surface area contributed by atoms with E-state index in [1.807, 2.05) is 23.6 Å². The maximum atomic E-state index is 13.9. The van der Waals surface area contributed by atoms with Gasteiger partial charge in [0, 0.05) is 35.3 Å². The molecule has 0 saturated heterocycles. The Bertz CT molecular complexity index is 1130. The number of nitrogens with zero attached hydrogens (tertiary/aromatic N) is 2. The second-order valence-electron chi connectivity index (χ2n) is 7.18. The number of benzene rings is 2. The van der Waals surface area contributed by atoms with Gasteiger partial charge in [-0.3, -0.25) is 14.9 Å². The number of carbonyl (C=O) groups excluding carboxylic acids is 1. The molecule has 0 bridgehead atoms. The zero-order valence-corrected chi connectivity index (χ0v) is 16.5. The van der Waals surface area contributed by atoms with Crippen LogP contribution in [-0.2, 0) is 6.54 Å². The third-order valence-electron chi connectivity index (χ3n) is 4.94. The molecule has 0 saturated carbocycles. The molecule has 1 heterocycles. The third-order valence-corrected chi connectivity index (χ3v) is 4.94. The van der Waals surface area contributed by atoms with Crippen molar-refractivity contribution in [3.63, 3.8) is 0 Å². The molecule has 2 aromatic carbocycles. The number of hydrogen-bond acceptors (Lipinski definition) is 3. The minimum Gasteiger partial charge on any atom is -0.332 e. The van der Waals surface area contributed by atoms with Crippen LogP contribution in [0.2, 0.25) is 0 Å². The fourth-order valence-corrected chi connectivity index (χ4v) is 3.43. The van der Waals surface area contributed by atoms with E-state index in [9.17, 15) is 19.3 Å². The molecule has 0 aliphatic carbocycles. The van der Waals surface area contributed by atoms with E-state index in [2.05, 4.69) is 31.8 Å². The van der Waals surface area contributed by atoms with E-state index < -0.39 is 22.3 Å². The van der Waals surface area contributed by atoms with E-state index in [0.29, 0.717) is 18.2 Å². The van der Waals surface area contributed by atoms with Crippen LogP contribution in [0.15, 0.2) is 49.1 Å². The molecule has 0 aliphatic heterocycles. The monoisotopic (exact) mass is 395 g/mol. The van der Waals surface area contributed by atoms with Crippen LogP contribution in [-0.4, -0.2) is 15.4 Å². The summed E-state index contributed by atoms with van der Waals surface area (Å²) in [5, 5.41) is 14.4. The maximum Gasteiger partial charge on any atom is 0.304 e. The van der Waals surface area contributed by atoms with E-state index in [1.165, 1.54) is 11.6 Å². The number of amides is 1. The molecular weight excluding hydrogens is 373 g/mol. The molecule has 0 radical (unpaired) electrons. The van der Waals surface area contributed by atoms with Gasteiger partial charge in [-0.1, -0.05) is 26.0 Å². The first-order valence-electron chi connectivity index (χ1n) is 9.23. The Labute approximate surface area is 167 Å². The molecule has 3 aromatic rings. The summed E-state index contributed by atoms with van der Waals surface area (Å²) in [6.45, 7) is 10.3. The second kappa shape index (κ2) is 7.87. The van der Waals surface area contributed by atoms with Gasteiger partial charge in [0.05, 0.1) is 4.92 Å². The fraction of sp³-hybridized carbons (Fsp3) is 0.227. The van der Waals surface area contributed by atoms with E-state index in [4.69, 9.17) is 0 Å². The van der Waals surface area contributed by atoms with Crippen molar-refractivity contribution >= 4 is 28.2 Å². The number of fused-ring (bicyclic) bond motifs is 1. The molecule has 6 nitrogen and oxygen atoms in total. The molecule has 0 fully saturated rings. The van der Waals surface area contributed by atoms with Gasteiger partial charge in [0.25, 0.3) is 5.91 Å². The Morgan fingerprint density at radius 2 is 2.03 bits per heavy atom. The van der Waals surface area contributed by atoms with E-state index in [-0.39, 0.29) is 5.69 Å². The van der Waals surface area contributed by atoms with Gasteiger partial charge < -0.3 is 9.88 Å². The zero-order valence-electron chi connectivity index (χ0n) is 16.5. The lowest BCUT2D eigenvalue weighted by Crippen LogP contribution is -2.18. The van der Waals surface area contributed by atoms with Crippen LogP contribution in [0.25, 0.3) is 10.9 Å². The molecule has 7 heteroatoms. The lowest BCUT2D eigenvalue weighted by molar-refractivity contribution is -0.387. The van der Waals surface area contributed by atoms with E-state index >= 15 is 0 Å². The standard InChI is InChI=1S/C22H22FN3O3/c1-5-10-25-19-8-6-15(13(2)3)11-17(19)14(4)21(25)22(27)24-16-7-9-20(26(28)29)18(23)12-16/h5-9,11-13H,1,10H2,2-4H3,(H,24,27). The Morgan fingerprint density at radius 3 is 2.62 bits per heavy atom. The summed E-state index contributed by atoms with van der Waals surface area (Å²) >= 11 is 0. The summed E-state index contributed by atoms with van der Waals surface area (Å²) in [7, 11) is 0. The van der Waals surface area contributed by atoms with Crippen LogP contribution in [0, 0.1) is 22.9 Å². The number of allylic oxidation sites excluding steroid dienone is 1. The average molecular weight is 395 g/mol. The summed E-state index contributed by atoms with van der Waals surface area (Å²) in [6, 6.07) is 9.40. The summed E-state index contributed by atoms with van der Waals surface area (Å²) in [6.07, 6.45) is 1.71. The normalized spacial score (nSPS) is 11.1. The molecule has 0 aliphatic rings. The highest BCUT2D eigenvalue weighted by molar-refractivity contribution is 6.08. The molecule has 3 rings (SSSR count). The molecular formula is C22H22FN3O3. The number of aromatic nitrogens is 1. The lowest BCUT2D eigenvalue weighted by atomic mass is 10.0. The van der Waals surface area contributed by atoms with Crippen molar-refractivity contribution in [1.29, 1.82) is 0 Å². The SMILES string of the molecule is C=CCn1c(C(=O)Nc2ccc([N+](=O)[O-])c(F)c2)c(C)c2cc(C(C)C)ccc21. The number of aryl methyl sites for hydroxylation is 1. The number of anilines is 1. The molecule has 1 aromatic heterocycles. The predicted molar refractivity (Wildman–Crippen MR) is 112 cm³/mol. The van der Waals surface area contributed by atoms with Crippen LogP contribution < -0.4 is 5.32 Å². The van der Waals surface area contributed by atoms with Gasteiger partial charge in [-0.15, -0.1) is 6.58 Å². The topological polar surface area (TPSA) is 77.2 Å². The van der Waals surface area contributed by atoms with Crippen LogP contribution in [0.5, 0.6) is 0 Å². The van der Waals surface area contributed by atoms with Gasteiger partial charge in [0.15, 0.2) is 0 Å². The quantitative estimate of drug-likeness (QED) is 0.337. The van der Waals surface area contributed by atoms with Crippen molar-refractivity contribution in [2.24, 2.45) is 0 Å². The van der Waals surface area contributed by atoms with Crippen molar-refractivity contribution < 1.29 is 14.1 Å². The number of hydrogen-bond donors (Lipinski definition) is 1. The summed E-state index contributed by atoms with van der Waals surface area (Å²) in [5.74, 6) is -1.07. The lowest BCUT2D eigenvalue weighted by Gasteiger charge is -2.10. The first-order chi connectivity index (χ1) is 13.7. The van der Waals surface area contributed by atoms with Crippen LogP contribution >= 0.6 is 0 Å². The zero-order chi connectivity index (χ0) is 21.3. The number of nitrogens with one attached hydrogen (secondary N) is 1. The number of halogens is 1. The van der Waals surface area contributed by atoms with Crippen molar-refractivity contribution in [2.75, 3.05) is 5.32 Å². The number of rotatable bonds is 6. The Balaban J connectivity index is 2.05. The van der Waals surface area contributed by atoms with Gasteiger partial charge in [-0.2, -0.15) is 4.39 Å². The van der Waals surface area contributed by atoms with Gasteiger partial charge in [-0.25, -0.2) is 0 Å². The molecule has 0 unspecified atom stereocenters. The minimum atomic E-state index is -1.00. The van der Waals surface area contributed by atoms with Gasteiger partial charge in [0.2, 0.25) is 5.82 Å². The Morgan fingerprint density at radius 1 is 1.31 bits per heavy atom. The number of carbonyl (C=O) groups is 1. The average Bonchev–Trinajstić information content (AvgIpc) is 2.93. The highest BCUT2D eigenvalue weighted by Crippen LogP contribution is 2.30. The molecule has 0 atom stereocenters. The van der Waals surface area contributed by atoms with E-state index in [0.717, 1.165) is 28.6 Å². The van der Waals surface area contributed by atoms with E-state index in [1.54, 1.807) is 6.08 Å². The highest BCUT2D eigenvalue weighted by atomic mass is 19.1. The van der Waals surface area contributed by atoms with Crippen molar-refractivity contribution in [3.8, 4) is 0 Å². The number of nitro groups is 1. The Kier molecular flexibility index (Phi) is 5.50. The Hall–Kier alpha value is -3.48.